The Morgan fingerprint density at radius 3 is 2.65 bits per heavy atom. The number of nitrogen functional groups attached to an aromatic ring is 1. The quantitative estimate of drug-likeness (QED) is 0.521. The lowest BCUT2D eigenvalue weighted by molar-refractivity contribution is 0.104. The van der Waals surface area contributed by atoms with E-state index < -0.39 is 0 Å². The number of anilines is 1. The van der Waals surface area contributed by atoms with E-state index in [-0.39, 0.29) is 5.78 Å². The van der Waals surface area contributed by atoms with Gasteiger partial charge in [-0.1, -0.05) is 50.1 Å². The molecule has 3 rings (SSSR count). The number of fused-ring (bicyclic) bond motifs is 1. The van der Waals surface area contributed by atoms with Gasteiger partial charge < -0.3 is 5.73 Å². The van der Waals surface area contributed by atoms with Crippen molar-refractivity contribution in [1.29, 1.82) is 0 Å². The Hall–Kier alpha value is -2.20. The summed E-state index contributed by atoms with van der Waals surface area (Å²) in [7, 11) is 0. The first-order valence-corrected chi connectivity index (χ1v) is 8.80. The Kier molecular flexibility index (Phi) is 4.72. The Balaban J connectivity index is 1.93. The minimum Gasteiger partial charge on any atom is -0.397 e. The molecule has 3 nitrogen and oxygen atoms in total. The number of rotatable bonds is 6. The van der Waals surface area contributed by atoms with Crippen LogP contribution in [0.5, 0.6) is 0 Å². The molecule has 0 aliphatic rings. The molecule has 23 heavy (non-hydrogen) atoms. The van der Waals surface area contributed by atoms with Gasteiger partial charge in [0.25, 0.3) is 0 Å². The van der Waals surface area contributed by atoms with Crippen molar-refractivity contribution in [2.24, 2.45) is 0 Å². The van der Waals surface area contributed by atoms with Crippen LogP contribution in [0, 0.1) is 0 Å². The second kappa shape index (κ2) is 6.92. The lowest BCUT2D eigenvalue weighted by atomic mass is 10.1. The lowest BCUT2D eigenvalue weighted by Gasteiger charge is -2.00. The van der Waals surface area contributed by atoms with Crippen LogP contribution in [-0.4, -0.2) is 10.8 Å². The summed E-state index contributed by atoms with van der Waals surface area (Å²) in [5, 5.41) is 0.883. The minimum absolute atomic E-state index is 0.0290. The molecule has 118 valence electrons. The van der Waals surface area contributed by atoms with Gasteiger partial charge in [-0.15, -0.1) is 11.3 Å². The van der Waals surface area contributed by atoms with E-state index in [1.54, 1.807) is 0 Å². The van der Waals surface area contributed by atoms with Crippen LogP contribution in [0.3, 0.4) is 0 Å². The molecule has 0 bridgehead atoms. The number of carbonyl (C=O) groups excluding carboxylic acids is 1. The van der Waals surface area contributed by atoms with Crippen molar-refractivity contribution in [3.8, 4) is 0 Å². The van der Waals surface area contributed by atoms with Gasteiger partial charge in [0.1, 0.15) is 9.71 Å². The topological polar surface area (TPSA) is 56.0 Å². The number of hydrogen-bond donors (Lipinski definition) is 1. The molecule has 0 amide bonds. The maximum atomic E-state index is 12.6. The van der Waals surface area contributed by atoms with Crippen molar-refractivity contribution in [3.63, 3.8) is 0 Å². The first-order valence-electron chi connectivity index (χ1n) is 7.98. The van der Waals surface area contributed by atoms with Gasteiger partial charge in [0.15, 0.2) is 0 Å². The number of hydrogen-bond acceptors (Lipinski definition) is 4. The summed E-state index contributed by atoms with van der Waals surface area (Å²) in [6.07, 6.45) is 4.53. The standard InChI is InChI=1S/C19H20N2OS/c1-2-3-5-10-14-11-12-15-16(20)18(23-19(15)21-14)17(22)13-8-6-4-7-9-13/h4,6-9,11-12H,2-3,5,10,20H2,1H3. The molecular weight excluding hydrogens is 304 g/mol. The highest BCUT2D eigenvalue weighted by molar-refractivity contribution is 7.21. The largest absolute Gasteiger partial charge is 0.397 e. The summed E-state index contributed by atoms with van der Waals surface area (Å²) in [6, 6.07) is 13.3. The van der Waals surface area contributed by atoms with E-state index >= 15 is 0 Å². The SMILES string of the molecule is CCCCCc1ccc2c(N)c(C(=O)c3ccccc3)sc2n1. The zero-order valence-electron chi connectivity index (χ0n) is 13.2. The van der Waals surface area contributed by atoms with E-state index in [9.17, 15) is 4.79 Å². The summed E-state index contributed by atoms with van der Waals surface area (Å²) >= 11 is 1.39. The van der Waals surface area contributed by atoms with Crippen molar-refractivity contribution in [1.82, 2.24) is 4.98 Å². The second-order valence-electron chi connectivity index (χ2n) is 5.65. The molecule has 3 aromatic rings. The molecule has 0 radical (unpaired) electrons. The van der Waals surface area contributed by atoms with Crippen LogP contribution in [-0.2, 0) is 6.42 Å². The summed E-state index contributed by atoms with van der Waals surface area (Å²) in [6.45, 7) is 2.19. The molecule has 4 heteroatoms. The average molecular weight is 324 g/mol. The van der Waals surface area contributed by atoms with Crippen molar-refractivity contribution >= 4 is 33.0 Å². The normalized spacial score (nSPS) is 11.0. The number of nitrogens with zero attached hydrogens (tertiary/aromatic N) is 1. The van der Waals surface area contributed by atoms with Crippen LogP contribution in [0.15, 0.2) is 42.5 Å². The highest BCUT2D eigenvalue weighted by Crippen LogP contribution is 2.34. The monoisotopic (exact) mass is 324 g/mol. The molecule has 0 saturated carbocycles. The zero-order valence-corrected chi connectivity index (χ0v) is 14.0. The van der Waals surface area contributed by atoms with Crippen molar-refractivity contribution in [2.45, 2.75) is 32.6 Å². The lowest BCUT2D eigenvalue weighted by Crippen LogP contribution is -2.01. The van der Waals surface area contributed by atoms with Gasteiger partial charge >= 0.3 is 0 Å². The van der Waals surface area contributed by atoms with Crippen LogP contribution in [0.25, 0.3) is 10.2 Å². The molecule has 0 aliphatic carbocycles. The molecule has 0 saturated heterocycles. The van der Waals surface area contributed by atoms with E-state index in [1.165, 1.54) is 24.2 Å². The van der Waals surface area contributed by atoms with Crippen LogP contribution in [0.2, 0.25) is 0 Å². The number of pyridine rings is 1. The summed E-state index contributed by atoms with van der Waals surface area (Å²) in [4.78, 5) is 18.8. The third kappa shape index (κ3) is 3.27. The first-order chi connectivity index (χ1) is 11.2. The minimum atomic E-state index is -0.0290. The maximum Gasteiger partial charge on any atom is 0.205 e. The summed E-state index contributed by atoms with van der Waals surface area (Å²) in [5.41, 5.74) is 8.48. The number of unbranched alkanes of at least 4 members (excludes halogenated alkanes) is 2. The van der Waals surface area contributed by atoms with E-state index in [0.29, 0.717) is 16.1 Å². The Bertz CT molecular complexity index is 824. The van der Waals surface area contributed by atoms with Gasteiger partial charge in [-0.05, 0) is 25.0 Å². The van der Waals surface area contributed by atoms with Crippen molar-refractivity contribution in [3.05, 3.63) is 58.6 Å². The predicted octanol–water partition coefficient (Wildman–Crippen LogP) is 4.84. The maximum absolute atomic E-state index is 12.6. The van der Waals surface area contributed by atoms with Crippen LogP contribution in [0.4, 0.5) is 5.69 Å². The predicted molar refractivity (Wildman–Crippen MR) is 97.1 cm³/mol. The highest BCUT2D eigenvalue weighted by atomic mass is 32.1. The fourth-order valence-corrected chi connectivity index (χ4v) is 3.69. The Morgan fingerprint density at radius 2 is 1.91 bits per heavy atom. The van der Waals surface area contributed by atoms with Crippen LogP contribution >= 0.6 is 11.3 Å². The van der Waals surface area contributed by atoms with E-state index in [4.69, 9.17) is 10.7 Å². The number of benzene rings is 1. The molecule has 2 N–H and O–H groups in total. The van der Waals surface area contributed by atoms with Gasteiger partial charge in [0.05, 0.1) is 5.69 Å². The molecule has 0 spiro atoms. The van der Waals surface area contributed by atoms with Crippen LogP contribution in [0.1, 0.15) is 47.1 Å². The fourth-order valence-electron chi connectivity index (χ4n) is 2.62. The zero-order chi connectivity index (χ0) is 16.2. The number of thiophene rings is 1. The second-order valence-corrected chi connectivity index (χ2v) is 6.65. The number of nitrogens with two attached hydrogens (primary N) is 1. The average Bonchev–Trinajstić information content (AvgIpc) is 2.91. The number of aryl methyl sites for hydroxylation is 1. The molecular formula is C19H20N2OS. The molecule has 2 aromatic heterocycles. The third-order valence-electron chi connectivity index (χ3n) is 3.93. The summed E-state index contributed by atoms with van der Waals surface area (Å²) in [5.74, 6) is -0.0290. The van der Waals surface area contributed by atoms with E-state index in [2.05, 4.69) is 6.92 Å². The van der Waals surface area contributed by atoms with E-state index in [0.717, 1.165) is 28.8 Å². The van der Waals surface area contributed by atoms with Gasteiger partial charge in [0.2, 0.25) is 5.78 Å². The first kappa shape index (κ1) is 15.7. The Labute approximate surface area is 140 Å². The third-order valence-corrected chi connectivity index (χ3v) is 5.04. The van der Waals surface area contributed by atoms with Crippen LogP contribution < -0.4 is 5.73 Å². The van der Waals surface area contributed by atoms with Crippen molar-refractivity contribution in [2.75, 3.05) is 5.73 Å². The molecule has 0 fully saturated rings. The fraction of sp³-hybridized carbons (Fsp3) is 0.263. The van der Waals surface area contributed by atoms with E-state index in [1.807, 2.05) is 42.5 Å². The number of aromatic nitrogens is 1. The number of ketones is 1. The molecule has 0 atom stereocenters. The smallest absolute Gasteiger partial charge is 0.205 e. The summed E-state index contributed by atoms with van der Waals surface area (Å²) < 4.78 is 0. The highest BCUT2D eigenvalue weighted by Gasteiger charge is 2.18. The number of carbonyl (C=O) groups is 1. The molecule has 1 aromatic carbocycles. The van der Waals surface area contributed by atoms with Crippen molar-refractivity contribution < 1.29 is 4.79 Å². The molecule has 0 aliphatic heterocycles. The van der Waals surface area contributed by atoms with Gasteiger partial charge in [0, 0.05) is 16.6 Å². The molecule has 0 unspecified atom stereocenters. The molecule has 2 heterocycles. The van der Waals surface area contributed by atoms with Gasteiger partial charge in [-0.25, -0.2) is 4.98 Å². The van der Waals surface area contributed by atoms with Gasteiger partial charge in [-0.3, -0.25) is 4.79 Å². The Morgan fingerprint density at radius 1 is 1.13 bits per heavy atom. The van der Waals surface area contributed by atoms with Gasteiger partial charge in [-0.2, -0.15) is 0 Å².